The molecular weight excluding hydrogens is 462 g/mol. The minimum absolute atomic E-state index is 0.0381. The lowest BCUT2D eigenvalue weighted by atomic mass is 10.1. The fraction of sp³-hybridized carbons (Fsp3) is 0.385. The number of amides is 3. The molecule has 0 aromatic heterocycles. The van der Waals surface area contributed by atoms with Crippen LogP contribution in [0.2, 0.25) is 0 Å². The van der Waals surface area contributed by atoms with Crippen LogP contribution in [-0.2, 0) is 9.59 Å². The van der Waals surface area contributed by atoms with Gasteiger partial charge in [-0.15, -0.1) is 0 Å². The van der Waals surface area contributed by atoms with Crippen LogP contribution in [0.15, 0.2) is 42.5 Å². The molecule has 0 bridgehead atoms. The first-order chi connectivity index (χ1) is 17.2. The molecule has 2 heterocycles. The second-order valence-electron chi connectivity index (χ2n) is 9.28. The number of likely N-dealkylation sites (tertiary alicyclic amines) is 1. The normalized spacial score (nSPS) is 18.2. The number of rotatable bonds is 7. The maximum atomic E-state index is 12.9. The van der Waals surface area contributed by atoms with Crippen molar-refractivity contribution in [3.63, 3.8) is 0 Å². The van der Waals surface area contributed by atoms with Crippen molar-refractivity contribution >= 4 is 34.9 Å². The quantitative estimate of drug-likeness (QED) is 0.391. The maximum Gasteiger partial charge on any atom is 0.252 e. The highest BCUT2D eigenvalue weighted by molar-refractivity contribution is 5.99. The number of hydrogen-bond donors (Lipinski definition) is 3. The maximum absolute atomic E-state index is 12.9. The van der Waals surface area contributed by atoms with E-state index < -0.39 is 5.91 Å². The van der Waals surface area contributed by atoms with Crippen LogP contribution < -0.4 is 16.0 Å². The van der Waals surface area contributed by atoms with Crippen LogP contribution in [0.3, 0.4) is 0 Å². The summed E-state index contributed by atoms with van der Waals surface area (Å²) in [7, 11) is 0. The number of nitrogens with one attached hydrogen (secondary N) is 1. The minimum Gasteiger partial charge on any atom is -0.507 e. The van der Waals surface area contributed by atoms with E-state index in [0.717, 1.165) is 18.8 Å². The van der Waals surface area contributed by atoms with Gasteiger partial charge in [-0.25, -0.2) is 0 Å². The summed E-state index contributed by atoms with van der Waals surface area (Å²) in [6.07, 6.45) is 0.629. The smallest absolute Gasteiger partial charge is 0.252 e. The molecule has 1 atom stereocenters. The number of nitrogens with two attached hydrogens (primary N) is 1. The molecule has 0 spiro atoms. The summed E-state index contributed by atoms with van der Waals surface area (Å²) in [6.45, 7) is 5.61. The molecular formula is C26H31N5O5. The number of hydrogen-bond acceptors (Lipinski definition) is 7. The van der Waals surface area contributed by atoms with Crippen LogP contribution in [0.5, 0.6) is 5.75 Å². The van der Waals surface area contributed by atoms with Crippen molar-refractivity contribution in [2.45, 2.75) is 13.3 Å². The van der Waals surface area contributed by atoms with E-state index in [2.05, 4.69) is 10.2 Å². The molecule has 10 nitrogen and oxygen atoms in total. The fourth-order valence-corrected chi connectivity index (χ4v) is 4.66. The van der Waals surface area contributed by atoms with E-state index in [9.17, 15) is 24.3 Å². The molecule has 4 N–H and O–H groups in total. The molecule has 0 aliphatic carbocycles. The van der Waals surface area contributed by atoms with Gasteiger partial charge in [0.25, 0.3) is 5.91 Å². The van der Waals surface area contributed by atoms with Gasteiger partial charge in [0.1, 0.15) is 5.75 Å². The Morgan fingerprint density at radius 3 is 2.33 bits per heavy atom. The Labute approximate surface area is 209 Å². The van der Waals surface area contributed by atoms with Crippen molar-refractivity contribution in [1.29, 1.82) is 0 Å². The molecule has 2 aromatic rings. The summed E-state index contributed by atoms with van der Waals surface area (Å²) in [4.78, 5) is 54.5. The predicted octanol–water partition coefficient (Wildman–Crippen LogP) is 1.30. The van der Waals surface area contributed by atoms with Gasteiger partial charge in [-0.05, 0) is 62.4 Å². The monoisotopic (exact) mass is 493 g/mol. The second-order valence-corrected chi connectivity index (χ2v) is 9.28. The number of primary amides is 1. The van der Waals surface area contributed by atoms with Crippen molar-refractivity contribution in [2.24, 2.45) is 11.7 Å². The lowest BCUT2D eigenvalue weighted by Gasteiger charge is -2.36. The SMILES string of the molecule is CC(=O)c1ccc(N2CCN(C(=O)CN3CC[C@@H](C(=O)Nc4ccc(O)c(C(N)=O)c4)C3)CC2)cc1. The Balaban J connectivity index is 1.24. The number of piperazine rings is 1. The molecule has 2 fully saturated rings. The zero-order chi connectivity index (χ0) is 25.8. The summed E-state index contributed by atoms with van der Waals surface area (Å²) in [5.41, 5.74) is 7.30. The molecule has 10 heteroatoms. The zero-order valence-corrected chi connectivity index (χ0v) is 20.3. The molecule has 2 aliphatic heterocycles. The van der Waals surface area contributed by atoms with Gasteiger partial charge in [-0.1, -0.05) is 0 Å². The Morgan fingerprint density at radius 1 is 1.00 bits per heavy atom. The molecule has 4 rings (SSSR count). The van der Waals surface area contributed by atoms with Crippen molar-refractivity contribution in [1.82, 2.24) is 9.80 Å². The number of nitrogens with zero attached hydrogens (tertiary/aromatic N) is 3. The molecule has 0 unspecified atom stereocenters. The van der Waals surface area contributed by atoms with Gasteiger partial charge >= 0.3 is 0 Å². The third-order valence-corrected chi connectivity index (χ3v) is 6.80. The molecule has 2 saturated heterocycles. The number of carbonyl (C=O) groups excluding carboxylic acids is 4. The second kappa shape index (κ2) is 10.8. The lowest BCUT2D eigenvalue weighted by Crippen LogP contribution is -2.51. The number of anilines is 2. The topological polar surface area (TPSA) is 136 Å². The number of benzene rings is 2. The third-order valence-electron chi connectivity index (χ3n) is 6.80. The van der Waals surface area contributed by atoms with Gasteiger partial charge in [-0.2, -0.15) is 0 Å². The van der Waals surface area contributed by atoms with Gasteiger partial charge in [0.05, 0.1) is 18.0 Å². The van der Waals surface area contributed by atoms with Gasteiger partial charge in [0, 0.05) is 49.7 Å². The fourth-order valence-electron chi connectivity index (χ4n) is 4.66. The highest BCUT2D eigenvalue weighted by atomic mass is 16.3. The Bertz CT molecular complexity index is 1160. The molecule has 190 valence electrons. The summed E-state index contributed by atoms with van der Waals surface area (Å²) in [5.74, 6) is -1.41. The van der Waals surface area contributed by atoms with Crippen LogP contribution in [0, 0.1) is 5.92 Å². The van der Waals surface area contributed by atoms with Crippen LogP contribution >= 0.6 is 0 Å². The highest BCUT2D eigenvalue weighted by Gasteiger charge is 2.31. The van der Waals surface area contributed by atoms with Crippen molar-refractivity contribution in [3.8, 4) is 5.75 Å². The van der Waals surface area contributed by atoms with E-state index in [-0.39, 0.29) is 41.4 Å². The van der Waals surface area contributed by atoms with Gasteiger partial charge < -0.3 is 26.0 Å². The first kappa shape index (κ1) is 25.2. The minimum atomic E-state index is -0.777. The van der Waals surface area contributed by atoms with Crippen LogP contribution in [0.4, 0.5) is 11.4 Å². The first-order valence-electron chi connectivity index (χ1n) is 12.0. The Morgan fingerprint density at radius 2 is 1.69 bits per heavy atom. The van der Waals surface area contributed by atoms with E-state index in [4.69, 9.17) is 5.73 Å². The van der Waals surface area contributed by atoms with Crippen LogP contribution in [0.25, 0.3) is 0 Å². The van der Waals surface area contributed by atoms with Gasteiger partial charge in [-0.3, -0.25) is 24.1 Å². The van der Waals surface area contributed by atoms with Crippen LogP contribution in [-0.4, -0.2) is 84.2 Å². The van der Waals surface area contributed by atoms with E-state index in [1.165, 1.54) is 18.2 Å². The van der Waals surface area contributed by atoms with Gasteiger partial charge in [0.15, 0.2) is 5.78 Å². The number of phenols is 1. The zero-order valence-electron chi connectivity index (χ0n) is 20.3. The summed E-state index contributed by atoms with van der Waals surface area (Å²) in [5, 5.41) is 12.5. The van der Waals surface area contributed by atoms with E-state index >= 15 is 0 Å². The third kappa shape index (κ3) is 5.83. The van der Waals surface area contributed by atoms with E-state index in [0.29, 0.717) is 43.9 Å². The molecule has 0 saturated carbocycles. The number of ketones is 1. The number of Topliss-reactive ketones (excluding diaryl/α,β-unsaturated/α-hetero) is 1. The van der Waals surface area contributed by atoms with Crippen LogP contribution in [0.1, 0.15) is 34.1 Å². The average molecular weight is 494 g/mol. The van der Waals surface area contributed by atoms with Crippen molar-refractivity contribution in [3.05, 3.63) is 53.6 Å². The largest absolute Gasteiger partial charge is 0.507 e. The first-order valence-corrected chi connectivity index (χ1v) is 12.0. The summed E-state index contributed by atoms with van der Waals surface area (Å²) in [6, 6.07) is 11.7. The van der Waals surface area contributed by atoms with Crippen molar-refractivity contribution < 1.29 is 24.3 Å². The number of aromatic hydroxyl groups is 1. The van der Waals surface area contributed by atoms with Gasteiger partial charge in [0.2, 0.25) is 11.8 Å². The molecule has 2 aliphatic rings. The molecule has 3 amide bonds. The van der Waals surface area contributed by atoms with E-state index in [1.807, 2.05) is 34.1 Å². The molecule has 2 aromatic carbocycles. The highest BCUT2D eigenvalue weighted by Crippen LogP contribution is 2.24. The standard InChI is InChI=1S/C26H31N5O5/c1-17(32)18-2-5-21(6-3-18)30-10-12-31(13-11-30)24(34)16-29-9-8-19(15-29)26(36)28-20-4-7-23(33)22(14-20)25(27)35/h2-7,14,19,33H,8-13,15-16H2,1H3,(H2,27,35)(H,28,36)/t19-/m1/s1. The Kier molecular flexibility index (Phi) is 7.54. The average Bonchev–Trinajstić information content (AvgIpc) is 3.34. The Hall–Kier alpha value is -3.92. The molecule has 0 radical (unpaired) electrons. The predicted molar refractivity (Wildman–Crippen MR) is 135 cm³/mol. The molecule has 36 heavy (non-hydrogen) atoms. The van der Waals surface area contributed by atoms with Crippen molar-refractivity contribution in [2.75, 3.05) is 56.0 Å². The summed E-state index contributed by atoms with van der Waals surface area (Å²) >= 11 is 0. The lowest BCUT2D eigenvalue weighted by molar-refractivity contribution is -0.132. The van der Waals surface area contributed by atoms with E-state index in [1.54, 1.807) is 6.92 Å². The summed E-state index contributed by atoms with van der Waals surface area (Å²) < 4.78 is 0. The number of carbonyl (C=O) groups is 4.